The monoisotopic (exact) mass is 463 g/mol. The summed E-state index contributed by atoms with van der Waals surface area (Å²) in [5.74, 6) is -1.92. The first kappa shape index (κ1) is 25.0. The molecule has 2 atom stereocenters. The lowest BCUT2D eigenvalue weighted by Gasteiger charge is -2.22. The molecule has 0 saturated carbocycles. The number of aliphatic hydroxyl groups is 1. The standard InChI is InChI=1S/C21H25N3O7S/c1-2-31-21(28)19(20(27)14-6-4-3-5-7-14)24-18(26)13-12-17(25)23-15-8-10-16(11-9-15)32(22,29)30/h3-11,19-20,27H,2,12-13H2,1H3,(H,23,25)(H,24,26)(H2,22,29,30)/t19-,20-/m0/s1. The van der Waals surface area contributed by atoms with Crippen LogP contribution in [0.1, 0.15) is 31.4 Å². The maximum Gasteiger partial charge on any atom is 0.331 e. The fourth-order valence-electron chi connectivity index (χ4n) is 2.77. The van der Waals surface area contributed by atoms with Crippen LogP contribution in [-0.4, -0.2) is 44.0 Å². The minimum atomic E-state index is -3.84. The van der Waals surface area contributed by atoms with E-state index in [0.29, 0.717) is 11.3 Å². The average Bonchev–Trinajstić information content (AvgIpc) is 2.76. The molecule has 0 radical (unpaired) electrons. The van der Waals surface area contributed by atoms with E-state index < -0.39 is 40.0 Å². The summed E-state index contributed by atoms with van der Waals surface area (Å²) in [5, 5.41) is 20.5. The van der Waals surface area contributed by atoms with Gasteiger partial charge in [0.1, 0.15) is 6.10 Å². The van der Waals surface area contributed by atoms with Crippen molar-refractivity contribution in [2.24, 2.45) is 5.14 Å². The van der Waals surface area contributed by atoms with Gasteiger partial charge >= 0.3 is 5.97 Å². The van der Waals surface area contributed by atoms with E-state index in [9.17, 15) is 27.9 Å². The second-order valence-corrected chi connectivity index (χ2v) is 8.33. The molecule has 11 heteroatoms. The maximum absolute atomic E-state index is 12.3. The van der Waals surface area contributed by atoms with E-state index in [2.05, 4.69) is 10.6 Å². The van der Waals surface area contributed by atoms with Crippen LogP contribution in [0.3, 0.4) is 0 Å². The summed E-state index contributed by atoms with van der Waals surface area (Å²) in [6.45, 7) is 1.67. The van der Waals surface area contributed by atoms with Gasteiger partial charge in [0.15, 0.2) is 6.04 Å². The Balaban J connectivity index is 1.94. The van der Waals surface area contributed by atoms with Crippen LogP contribution >= 0.6 is 0 Å². The summed E-state index contributed by atoms with van der Waals surface area (Å²) < 4.78 is 27.5. The van der Waals surface area contributed by atoms with Crippen LogP contribution in [0, 0.1) is 0 Å². The van der Waals surface area contributed by atoms with E-state index in [-0.39, 0.29) is 24.3 Å². The van der Waals surface area contributed by atoms with Gasteiger partial charge in [-0.1, -0.05) is 30.3 Å². The number of hydrogen-bond acceptors (Lipinski definition) is 7. The van der Waals surface area contributed by atoms with Crippen LogP contribution in [0.15, 0.2) is 59.5 Å². The highest BCUT2D eigenvalue weighted by atomic mass is 32.2. The fourth-order valence-corrected chi connectivity index (χ4v) is 3.28. The molecule has 0 aliphatic carbocycles. The molecule has 0 heterocycles. The number of ether oxygens (including phenoxy) is 1. The molecule has 0 aliphatic rings. The van der Waals surface area contributed by atoms with Gasteiger partial charge in [0.25, 0.3) is 0 Å². The van der Waals surface area contributed by atoms with Crippen molar-refractivity contribution in [3.8, 4) is 0 Å². The molecule has 2 amide bonds. The zero-order valence-electron chi connectivity index (χ0n) is 17.4. The number of nitrogens with one attached hydrogen (secondary N) is 2. The Morgan fingerprint density at radius 1 is 1.00 bits per heavy atom. The first-order valence-corrected chi connectivity index (χ1v) is 11.3. The molecular formula is C21H25N3O7S. The number of aliphatic hydroxyl groups excluding tert-OH is 1. The van der Waals surface area contributed by atoms with Crippen molar-refractivity contribution in [1.29, 1.82) is 0 Å². The molecule has 172 valence electrons. The number of rotatable bonds is 10. The van der Waals surface area contributed by atoms with Crippen LogP contribution < -0.4 is 15.8 Å². The van der Waals surface area contributed by atoms with Gasteiger partial charge in [0, 0.05) is 18.5 Å². The number of hydrogen-bond donors (Lipinski definition) is 4. The molecule has 10 nitrogen and oxygen atoms in total. The molecule has 0 bridgehead atoms. The van der Waals surface area contributed by atoms with Gasteiger partial charge in [-0.05, 0) is 36.8 Å². The van der Waals surface area contributed by atoms with E-state index in [0.717, 1.165) is 0 Å². The lowest BCUT2D eigenvalue weighted by molar-refractivity contribution is -0.151. The normalized spacial score (nSPS) is 13.0. The Morgan fingerprint density at radius 2 is 1.59 bits per heavy atom. The second-order valence-electron chi connectivity index (χ2n) is 6.77. The second kappa shape index (κ2) is 11.4. The highest BCUT2D eigenvalue weighted by Crippen LogP contribution is 2.18. The highest BCUT2D eigenvalue weighted by molar-refractivity contribution is 7.89. The Hall–Kier alpha value is -3.28. The fraction of sp³-hybridized carbons (Fsp3) is 0.286. The Labute approximate surface area is 185 Å². The van der Waals surface area contributed by atoms with Crippen LogP contribution in [0.4, 0.5) is 5.69 Å². The minimum Gasteiger partial charge on any atom is -0.464 e. The van der Waals surface area contributed by atoms with Gasteiger partial charge in [-0.25, -0.2) is 18.4 Å². The van der Waals surface area contributed by atoms with Gasteiger partial charge in [0.2, 0.25) is 21.8 Å². The van der Waals surface area contributed by atoms with E-state index in [1.807, 2.05) is 0 Å². The Morgan fingerprint density at radius 3 is 2.16 bits per heavy atom. The number of benzene rings is 2. The molecule has 0 fully saturated rings. The number of amides is 2. The van der Waals surface area contributed by atoms with Gasteiger partial charge < -0.3 is 20.5 Å². The Kier molecular flexibility index (Phi) is 8.88. The molecule has 0 saturated heterocycles. The van der Waals surface area contributed by atoms with Gasteiger partial charge in [-0.3, -0.25) is 9.59 Å². The van der Waals surface area contributed by atoms with Gasteiger partial charge in [0.05, 0.1) is 11.5 Å². The van der Waals surface area contributed by atoms with Crippen molar-refractivity contribution in [2.75, 3.05) is 11.9 Å². The van der Waals surface area contributed by atoms with Crippen LogP contribution in [-0.2, 0) is 29.1 Å². The average molecular weight is 464 g/mol. The van der Waals surface area contributed by atoms with Crippen molar-refractivity contribution in [2.45, 2.75) is 36.8 Å². The lowest BCUT2D eigenvalue weighted by Crippen LogP contribution is -2.46. The number of primary sulfonamides is 1. The van der Waals surface area contributed by atoms with Crippen LogP contribution in [0.25, 0.3) is 0 Å². The number of nitrogens with two attached hydrogens (primary N) is 1. The molecule has 2 aromatic rings. The first-order chi connectivity index (χ1) is 15.1. The summed E-state index contributed by atoms with van der Waals surface area (Å²) in [6, 6.07) is 12.2. The summed E-state index contributed by atoms with van der Waals surface area (Å²) in [6.07, 6.45) is -1.79. The predicted molar refractivity (Wildman–Crippen MR) is 116 cm³/mol. The van der Waals surface area contributed by atoms with Crippen molar-refractivity contribution >= 4 is 33.5 Å². The minimum absolute atomic E-state index is 0.0688. The Bertz CT molecular complexity index is 1040. The first-order valence-electron chi connectivity index (χ1n) is 9.73. The quantitative estimate of drug-likeness (QED) is 0.379. The SMILES string of the molecule is CCOC(=O)[C@@H](NC(=O)CCC(=O)Nc1ccc(S(N)(=O)=O)cc1)[C@@H](O)c1ccccc1. The largest absolute Gasteiger partial charge is 0.464 e. The highest BCUT2D eigenvalue weighted by Gasteiger charge is 2.31. The van der Waals surface area contributed by atoms with Crippen molar-refractivity contribution in [3.05, 3.63) is 60.2 Å². The summed E-state index contributed by atoms with van der Waals surface area (Å²) in [4.78, 5) is 36.6. The molecule has 0 aromatic heterocycles. The molecule has 2 rings (SSSR count). The molecule has 2 aromatic carbocycles. The van der Waals surface area contributed by atoms with Crippen molar-refractivity contribution in [1.82, 2.24) is 5.32 Å². The number of anilines is 1. The topological polar surface area (TPSA) is 165 Å². The molecule has 0 spiro atoms. The number of sulfonamides is 1. The van der Waals surface area contributed by atoms with Crippen molar-refractivity contribution < 1.29 is 32.6 Å². The number of carbonyl (C=O) groups is 3. The zero-order valence-corrected chi connectivity index (χ0v) is 18.2. The molecule has 0 unspecified atom stereocenters. The third-order valence-corrected chi connectivity index (χ3v) is 5.29. The van der Waals surface area contributed by atoms with E-state index >= 15 is 0 Å². The summed E-state index contributed by atoms with van der Waals surface area (Å²) >= 11 is 0. The number of esters is 1. The zero-order chi connectivity index (χ0) is 23.7. The molecular weight excluding hydrogens is 438 g/mol. The number of carbonyl (C=O) groups excluding carboxylic acids is 3. The molecule has 5 N–H and O–H groups in total. The van der Waals surface area contributed by atoms with E-state index in [1.165, 1.54) is 24.3 Å². The van der Waals surface area contributed by atoms with Crippen LogP contribution in [0.2, 0.25) is 0 Å². The van der Waals surface area contributed by atoms with E-state index in [4.69, 9.17) is 9.88 Å². The molecule has 0 aliphatic heterocycles. The summed E-state index contributed by atoms with van der Waals surface area (Å²) in [5.41, 5.74) is 0.748. The third-order valence-electron chi connectivity index (χ3n) is 4.36. The molecule has 32 heavy (non-hydrogen) atoms. The maximum atomic E-state index is 12.3. The third kappa shape index (κ3) is 7.45. The lowest BCUT2D eigenvalue weighted by atomic mass is 10.0. The van der Waals surface area contributed by atoms with Crippen molar-refractivity contribution in [3.63, 3.8) is 0 Å². The predicted octanol–water partition coefficient (Wildman–Crippen LogP) is 0.834. The van der Waals surface area contributed by atoms with Gasteiger partial charge in [-0.2, -0.15) is 0 Å². The van der Waals surface area contributed by atoms with E-state index in [1.54, 1.807) is 37.3 Å². The van der Waals surface area contributed by atoms with Gasteiger partial charge in [-0.15, -0.1) is 0 Å². The smallest absolute Gasteiger partial charge is 0.331 e. The summed E-state index contributed by atoms with van der Waals surface area (Å²) in [7, 11) is -3.84. The van der Waals surface area contributed by atoms with Crippen LogP contribution in [0.5, 0.6) is 0 Å².